The van der Waals surface area contributed by atoms with Crippen LogP contribution < -0.4 is 10.6 Å². The van der Waals surface area contributed by atoms with Crippen LogP contribution in [-0.2, 0) is 13.1 Å². The third kappa shape index (κ3) is 11.1. The Morgan fingerprint density at radius 2 is 0.962 bits per heavy atom. The highest BCUT2D eigenvalue weighted by Gasteiger charge is 2.15. The maximum atomic E-state index is 11.7. The molecule has 0 amide bonds. The van der Waals surface area contributed by atoms with Crippen LogP contribution in [0.15, 0.2) is 147 Å². The van der Waals surface area contributed by atoms with Crippen molar-refractivity contribution < 1.29 is 19.8 Å². The van der Waals surface area contributed by atoms with Gasteiger partial charge in [0.25, 0.3) is 0 Å². The minimum atomic E-state index is -0.229. The van der Waals surface area contributed by atoms with Crippen molar-refractivity contribution in [3.05, 3.63) is 165 Å². The SMILES string of the molecule is CC(=O)c1cc(Cl)cc(NCc2ccccc2Sc2ccc(C)cc2)c1O.CC(=O)c1cc(Cl)cc(NCc2ccccc2Sc2ccccc2)c1O. The van der Waals surface area contributed by atoms with E-state index in [0.29, 0.717) is 34.5 Å². The van der Waals surface area contributed by atoms with E-state index in [1.54, 1.807) is 35.7 Å². The molecule has 0 aliphatic heterocycles. The summed E-state index contributed by atoms with van der Waals surface area (Å²) in [5.74, 6) is -0.605. The zero-order valence-corrected chi connectivity index (χ0v) is 32.5. The Kier molecular flexibility index (Phi) is 13.9. The van der Waals surface area contributed by atoms with Crippen molar-refractivity contribution in [3.63, 3.8) is 0 Å². The molecule has 6 aromatic rings. The van der Waals surface area contributed by atoms with Gasteiger partial charge in [-0.2, -0.15) is 0 Å². The predicted molar refractivity (Wildman–Crippen MR) is 220 cm³/mol. The molecule has 0 atom stereocenters. The topological polar surface area (TPSA) is 98.7 Å². The molecular formula is C43H38Cl2N2O4S2. The van der Waals surface area contributed by atoms with Crippen LogP contribution in [0.2, 0.25) is 10.0 Å². The van der Waals surface area contributed by atoms with Crippen molar-refractivity contribution in [1.29, 1.82) is 0 Å². The lowest BCUT2D eigenvalue weighted by molar-refractivity contribution is 0.100. The molecule has 6 rings (SSSR count). The van der Waals surface area contributed by atoms with Crippen LogP contribution in [0.25, 0.3) is 0 Å². The first-order chi connectivity index (χ1) is 25.5. The molecule has 0 bridgehead atoms. The van der Waals surface area contributed by atoms with Gasteiger partial charge in [0.15, 0.2) is 11.6 Å². The number of nitrogens with one attached hydrogen (secondary N) is 2. The summed E-state index contributed by atoms with van der Waals surface area (Å²) in [6.07, 6.45) is 0. The lowest BCUT2D eigenvalue weighted by atomic mass is 10.1. The Bertz CT molecular complexity index is 2210. The van der Waals surface area contributed by atoms with Gasteiger partial charge in [0.1, 0.15) is 11.5 Å². The van der Waals surface area contributed by atoms with E-state index in [2.05, 4.69) is 66.1 Å². The minimum absolute atomic E-state index is 0.0735. The molecule has 270 valence electrons. The molecule has 0 aromatic heterocycles. The second-order valence-corrected chi connectivity index (χ2v) is 15.2. The van der Waals surface area contributed by atoms with Crippen molar-refractivity contribution in [2.75, 3.05) is 10.6 Å². The van der Waals surface area contributed by atoms with Crippen LogP contribution in [0.5, 0.6) is 11.5 Å². The molecule has 0 unspecified atom stereocenters. The molecule has 4 N–H and O–H groups in total. The van der Waals surface area contributed by atoms with Gasteiger partial charge in [-0.25, -0.2) is 0 Å². The van der Waals surface area contributed by atoms with Gasteiger partial charge < -0.3 is 20.8 Å². The fourth-order valence-electron chi connectivity index (χ4n) is 5.23. The number of halogens is 2. The van der Waals surface area contributed by atoms with Gasteiger partial charge in [-0.05, 0) is 92.6 Å². The second-order valence-electron chi connectivity index (χ2n) is 12.1. The fourth-order valence-corrected chi connectivity index (χ4v) is 7.58. The molecule has 0 aliphatic rings. The van der Waals surface area contributed by atoms with Gasteiger partial charge >= 0.3 is 0 Å². The first-order valence-corrected chi connectivity index (χ1v) is 19.0. The smallest absolute Gasteiger partial charge is 0.163 e. The van der Waals surface area contributed by atoms with E-state index < -0.39 is 0 Å². The van der Waals surface area contributed by atoms with Gasteiger partial charge in [0.2, 0.25) is 0 Å². The summed E-state index contributed by atoms with van der Waals surface area (Å²) in [4.78, 5) is 27.9. The molecule has 6 aromatic carbocycles. The molecule has 53 heavy (non-hydrogen) atoms. The summed E-state index contributed by atoms with van der Waals surface area (Å²) < 4.78 is 0. The number of benzene rings is 6. The van der Waals surface area contributed by atoms with Crippen molar-refractivity contribution in [2.45, 2.75) is 53.4 Å². The fraction of sp³-hybridized carbons (Fsp3) is 0.116. The van der Waals surface area contributed by atoms with Crippen LogP contribution in [0, 0.1) is 6.92 Å². The van der Waals surface area contributed by atoms with Gasteiger partial charge in [0, 0.05) is 42.7 Å². The van der Waals surface area contributed by atoms with Gasteiger partial charge in [-0.15, -0.1) is 0 Å². The van der Waals surface area contributed by atoms with E-state index in [1.165, 1.54) is 31.5 Å². The molecule has 0 heterocycles. The number of hydrogen-bond acceptors (Lipinski definition) is 8. The lowest BCUT2D eigenvalue weighted by Crippen LogP contribution is -2.03. The average molecular weight is 782 g/mol. The third-order valence-corrected chi connectivity index (χ3v) is 10.7. The zero-order valence-electron chi connectivity index (χ0n) is 29.3. The van der Waals surface area contributed by atoms with Crippen LogP contribution in [0.1, 0.15) is 51.3 Å². The Balaban J connectivity index is 0.000000204. The summed E-state index contributed by atoms with van der Waals surface area (Å²) in [6, 6.07) is 40.9. The molecule has 10 heteroatoms. The maximum absolute atomic E-state index is 11.7. The highest BCUT2D eigenvalue weighted by molar-refractivity contribution is 7.99. The maximum Gasteiger partial charge on any atom is 0.163 e. The Morgan fingerprint density at radius 3 is 1.40 bits per heavy atom. The number of ketones is 2. The number of aromatic hydroxyl groups is 2. The number of phenolic OH excluding ortho intramolecular Hbond substituents is 2. The standard InChI is InChI=1S/C22H20ClNO2S.C21H18ClNO2S/c1-14-7-9-18(10-8-14)27-21-6-4-3-5-16(21)13-24-20-12-17(23)11-19(15(2)25)22(20)26;1-14(24)18-11-16(22)12-19(21(18)25)23-13-15-7-5-6-10-20(15)26-17-8-3-2-4-9-17/h3-12,24,26H,13H2,1-2H3;2-12,23,25H,13H2,1H3. The number of aryl methyl sites for hydroxylation is 1. The first kappa shape index (κ1) is 39.3. The number of carbonyl (C=O) groups is 2. The van der Waals surface area contributed by atoms with E-state index >= 15 is 0 Å². The van der Waals surface area contributed by atoms with Crippen LogP contribution in [0.4, 0.5) is 11.4 Å². The summed E-state index contributed by atoms with van der Waals surface area (Å²) in [5, 5.41) is 27.9. The molecule has 0 saturated heterocycles. The number of carbonyl (C=O) groups excluding carboxylic acids is 2. The van der Waals surface area contributed by atoms with E-state index in [4.69, 9.17) is 23.2 Å². The largest absolute Gasteiger partial charge is 0.505 e. The first-order valence-electron chi connectivity index (χ1n) is 16.7. The predicted octanol–water partition coefficient (Wildman–Crippen LogP) is 12.3. The summed E-state index contributed by atoms with van der Waals surface area (Å²) >= 11 is 15.5. The van der Waals surface area contributed by atoms with Gasteiger partial charge in [0.05, 0.1) is 22.5 Å². The second kappa shape index (κ2) is 18.8. The van der Waals surface area contributed by atoms with E-state index in [9.17, 15) is 19.8 Å². The molecule has 0 spiro atoms. The summed E-state index contributed by atoms with van der Waals surface area (Å²) in [6.45, 7) is 5.88. The number of phenols is 2. The third-order valence-electron chi connectivity index (χ3n) is 8.01. The molecular weight excluding hydrogens is 744 g/mol. The highest BCUT2D eigenvalue weighted by Crippen LogP contribution is 2.36. The van der Waals surface area contributed by atoms with Crippen molar-refractivity contribution in [2.24, 2.45) is 0 Å². The van der Waals surface area contributed by atoms with Crippen molar-refractivity contribution in [1.82, 2.24) is 0 Å². The van der Waals surface area contributed by atoms with Crippen LogP contribution in [0.3, 0.4) is 0 Å². The lowest BCUT2D eigenvalue weighted by Gasteiger charge is -2.14. The van der Waals surface area contributed by atoms with Crippen molar-refractivity contribution in [3.8, 4) is 11.5 Å². The molecule has 0 saturated carbocycles. The number of rotatable bonds is 12. The Hall–Kier alpha value is -4.86. The zero-order chi connectivity index (χ0) is 37.9. The quantitative estimate of drug-likeness (QED) is 0.0720. The van der Waals surface area contributed by atoms with E-state index in [1.807, 2.05) is 54.6 Å². The average Bonchev–Trinajstić information content (AvgIpc) is 3.14. The van der Waals surface area contributed by atoms with Crippen molar-refractivity contribution >= 4 is 69.7 Å². The highest BCUT2D eigenvalue weighted by atomic mass is 35.5. The molecule has 0 aliphatic carbocycles. The molecule has 0 radical (unpaired) electrons. The number of Topliss-reactive ketones (excluding diaryl/α,β-unsaturated/α-hetero) is 2. The summed E-state index contributed by atoms with van der Waals surface area (Å²) in [5.41, 5.74) is 4.73. The van der Waals surface area contributed by atoms with Crippen LogP contribution >= 0.6 is 46.7 Å². The van der Waals surface area contributed by atoms with E-state index in [0.717, 1.165) is 30.7 Å². The normalized spacial score (nSPS) is 10.6. The van der Waals surface area contributed by atoms with E-state index in [-0.39, 0.29) is 34.2 Å². The number of hydrogen-bond donors (Lipinski definition) is 4. The monoisotopic (exact) mass is 780 g/mol. The Morgan fingerprint density at radius 1 is 0.566 bits per heavy atom. The molecule has 0 fully saturated rings. The van der Waals surface area contributed by atoms with Gasteiger partial charge in [-0.3, -0.25) is 9.59 Å². The van der Waals surface area contributed by atoms with Crippen LogP contribution in [-0.4, -0.2) is 21.8 Å². The van der Waals surface area contributed by atoms with Gasteiger partial charge in [-0.1, -0.05) is 119 Å². The summed E-state index contributed by atoms with van der Waals surface area (Å²) in [7, 11) is 0. The number of anilines is 2. The minimum Gasteiger partial charge on any atom is -0.505 e. The Labute approximate surface area is 328 Å². The molecule has 6 nitrogen and oxygen atoms in total.